The molecule has 124 valence electrons. The largest absolute Gasteiger partial charge is 0.473 e. The van der Waals surface area contributed by atoms with Gasteiger partial charge < -0.3 is 10.1 Å². The van der Waals surface area contributed by atoms with Crippen molar-refractivity contribution in [3.63, 3.8) is 0 Å². The van der Waals surface area contributed by atoms with Gasteiger partial charge in [0.1, 0.15) is 6.61 Å². The maximum atomic E-state index is 5.80. The van der Waals surface area contributed by atoms with Crippen LogP contribution in [0.25, 0.3) is 10.9 Å². The zero-order chi connectivity index (χ0) is 17.1. The highest BCUT2D eigenvalue weighted by Crippen LogP contribution is 2.23. The summed E-state index contributed by atoms with van der Waals surface area (Å²) < 4.78 is 5.80. The van der Waals surface area contributed by atoms with E-state index in [2.05, 4.69) is 25.5 Å². The van der Waals surface area contributed by atoms with Crippen LogP contribution in [-0.2, 0) is 6.61 Å². The Morgan fingerprint density at radius 2 is 1.80 bits per heavy atom. The third kappa shape index (κ3) is 3.42. The van der Waals surface area contributed by atoms with E-state index in [4.69, 9.17) is 4.74 Å². The zero-order valence-corrected chi connectivity index (χ0v) is 13.7. The molecule has 4 rings (SSSR count). The van der Waals surface area contributed by atoms with Crippen LogP contribution in [0.3, 0.4) is 0 Å². The van der Waals surface area contributed by atoms with Crippen LogP contribution in [0.4, 0.5) is 11.8 Å². The van der Waals surface area contributed by atoms with Crippen molar-refractivity contribution in [2.24, 2.45) is 0 Å². The molecule has 0 amide bonds. The Morgan fingerprint density at radius 3 is 2.68 bits per heavy atom. The van der Waals surface area contributed by atoms with E-state index in [1.165, 1.54) is 0 Å². The molecule has 2 N–H and O–H groups in total. The SMILES string of the molecule is Cc1cc(OCc2ccccc2)nc(Nc2n[nH]c3ccccc23)n1. The maximum absolute atomic E-state index is 5.80. The van der Waals surface area contributed by atoms with Crippen molar-refractivity contribution < 1.29 is 4.74 Å². The fraction of sp³-hybridized carbons (Fsp3) is 0.105. The summed E-state index contributed by atoms with van der Waals surface area (Å²) in [4.78, 5) is 8.85. The number of benzene rings is 2. The monoisotopic (exact) mass is 331 g/mol. The Balaban J connectivity index is 1.55. The van der Waals surface area contributed by atoms with Gasteiger partial charge >= 0.3 is 0 Å². The molecule has 0 aliphatic heterocycles. The van der Waals surface area contributed by atoms with Crippen LogP contribution in [0.5, 0.6) is 5.88 Å². The van der Waals surface area contributed by atoms with E-state index in [0.717, 1.165) is 22.2 Å². The molecule has 2 aromatic heterocycles. The van der Waals surface area contributed by atoms with Crippen LogP contribution < -0.4 is 10.1 Å². The molecule has 0 aliphatic carbocycles. The number of para-hydroxylation sites is 1. The molecule has 0 spiro atoms. The summed E-state index contributed by atoms with van der Waals surface area (Å²) in [5, 5.41) is 11.4. The molecule has 2 heterocycles. The minimum atomic E-state index is 0.459. The molecule has 0 atom stereocenters. The van der Waals surface area contributed by atoms with Crippen molar-refractivity contribution in [1.82, 2.24) is 20.2 Å². The van der Waals surface area contributed by atoms with Gasteiger partial charge in [-0.3, -0.25) is 5.10 Å². The molecule has 0 unspecified atom stereocenters. The zero-order valence-electron chi connectivity index (χ0n) is 13.7. The average Bonchev–Trinajstić information content (AvgIpc) is 3.04. The number of hydrogen-bond acceptors (Lipinski definition) is 5. The van der Waals surface area contributed by atoms with E-state index < -0.39 is 0 Å². The van der Waals surface area contributed by atoms with Crippen LogP contribution in [0.15, 0.2) is 60.7 Å². The fourth-order valence-corrected chi connectivity index (χ4v) is 2.57. The lowest BCUT2D eigenvalue weighted by Gasteiger charge is -2.08. The van der Waals surface area contributed by atoms with E-state index >= 15 is 0 Å². The molecule has 6 heteroatoms. The van der Waals surface area contributed by atoms with Crippen LogP contribution >= 0.6 is 0 Å². The number of anilines is 2. The molecule has 0 fully saturated rings. The molecule has 0 bridgehead atoms. The molecule has 2 aromatic carbocycles. The molecule has 4 aromatic rings. The van der Waals surface area contributed by atoms with Crippen molar-refractivity contribution >= 4 is 22.7 Å². The summed E-state index contributed by atoms with van der Waals surface area (Å²) >= 11 is 0. The number of fused-ring (bicyclic) bond motifs is 1. The van der Waals surface area contributed by atoms with Crippen molar-refractivity contribution in [2.75, 3.05) is 5.32 Å². The van der Waals surface area contributed by atoms with Gasteiger partial charge in [0.2, 0.25) is 11.8 Å². The summed E-state index contributed by atoms with van der Waals surface area (Å²) in [6, 6.07) is 19.7. The van der Waals surface area contributed by atoms with Crippen molar-refractivity contribution in [3.05, 3.63) is 71.9 Å². The van der Waals surface area contributed by atoms with E-state index in [0.29, 0.717) is 24.3 Å². The number of nitrogens with one attached hydrogen (secondary N) is 2. The van der Waals surface area contributed by atoms with Gasteiger partial charge in [0, 0.05) is 17.1 Å². The average molecular weight is 331 g/mol. The second-order valence-corrected chi connectivity index (χ2v) is 5.69. The number of rotatable bonds is 5. The Hall–Kier alpha value is -3.41. The van der Waals surface area contributed by atoms with Gasteiger partial charge in [-0.15, -0.1) is 0 Å². The second kappa shape index (κ2) is 6.60. The van der Waals surface area contributed by atoms with Crippen molar-refractivity contribution in [1.29, 1.82) is 0 Å². The molecule has 0 saturated carbocycles. The Bertz CT molecular complexity index is 997. The number of ether oxygens (including phenoxy) is 1. The Kier molecular flexibility index (Phi) is 4.00. The first kappa shape index (κ1) is 15.1. The predicted molar refractivity (Wildman–Crippen MR) is 96.9 cm³/mol. The minimum absolute atomic E-state index is 0.459. The lowest BCUT2D eigenvalue weighted by Crippen LogP contribution is -2.03. The van der Waals surface area contributed by atoms with Crippen molar-refractivity contribution in [3.8, 4) is 5.88 Å². The van der Waals surface area contributed by atoms with Gasteiger partial charge in [0.05, 0.1) is 5.52 Å². The molecule has 0 radical (unpaired) electrons. The molecule has 0 saturated heterocycles. The smallest absolute Gasteiger partial charge is 0.231 e. The normalized spacial score (nSPS) is 10.8. The van der Waals surface area contributed by atoms with Gasteiger partial charge in [-0.05, 0) is 24.6 Å². The third-order valence-electron chi connectivity index (χ3n) is 3.76. The number of aromatic nitrogens is 4. The van der Waals surface area contributed by atoms with Gasteiger partial charge in [0.25, 0.3) is 0 Å². The molecule has 0 aliphatic rings. The number of H-pyrrole nitrogens is 1. The summed E-state index contributed by atoms with van der Waals surface area (Å²) in [6.45, 7) is 2.37. The fourth-order valence-electron chi connectivity index (χ4n) is 2.57. The summed E-state index contributed by atoms with van der Waals surface area (Å²) in [7, 11) is 0. The topological polar surface area (TPSA) is 75.7 Å². The number of hydrogen-bond donors (Lipinski definition) is 2. The van der Waals surface area contributed by atoms with Crippen LogP contribution in [0.1, 0.15) is 11.3 Å². The molecular weight excluding hydrogens is 314 g/mol. The number of aromatic amines is 1. The summed E-state index contributed by atoms with van der Waals surface area (Å²) in [5.74, 6) is 1.68. The van der Waals surface area contributed by atoms with Gasteiger partial charge in [-0.25, -0.2) is 4.98 Å². The maximum Gasteiger partial charge on any atom is 0.231 e. The first-order chi connectivity index (χ1) is 12.3. The molecule has 25 heavy (non-hydrogen) atoms. The van der Waals surface area contributed by atoms with Crippen molar-refractivity contribution in [2.45, 2.75) is 13.5 Å². The molecular formula is C19H17N5O. The quantitative estimate of drug-likeness (QED) is 0.578. The minimum Gasteiger partial charge on any atom is -0.473 e. The second-order valence-electron chi connectivity index (χ2n) is 5.69. The Labute approximate surface area is 144 Å². The lowest BCUT2D eigenvalue weighted by atomic mass is 10.2. The number of aryl methyl sites for hydroxylation is 1. The van der Waals surface area contributed by atoms with Crippen LogP contribution in [0.2, 0.25) is 0 Å². The van der Waals surface area contributed by atoms with Crippen LogP contribution in [-0.4, -0.2) is 20.2 Å². The third-order valence-corrected chi connectivity index (χ3v) is 3.76. The highest BCUT2D eigenvalue weighted by atomic mass is 16.5. The first-order valence-corrected chi connectivity index (χ1v) is 8.00. The highest BCUT2D eigenvalue weighted by Gasteiger charge is 2.09. The van der Waals surface area contributed by atoms with E-state index in [1.54, 1.807) is 0 Å². The highest BCUT2D eigenvalue weighted by molar-refractivity contribution is 5.90. The van der Waals surface area contributed by atoms with E-state index in [1.807, 2.05) is 67.6 Å². The van der Waals surface area contributed by atoms with Crippen LogP contribution in [0, 0.1) is 6.92 Å². The molecule has 6 nitrogen and oxygen atoms in total. The Morgan fingerprint density at radius 1 is 1.00 bits per heavy atom. The summed E-state index contributed by atoms with van der Waals surface area (Å²) in [5.41, 5.74) is 2.87. The van der Waals surface area contributed by atoms with E-state index in [-0.39, 0.29) is 0 Å². The number of nitrogens with zero attached hydrogens (tertiary/aromatic N) is 3. The summed E-state index contributed by atoms with van der Waals surface area (Å²) in [6.07, 6.45) is 0. The van der Waals surface area contributed by atoms with Gasteiger partial charge in [-0.2, -0.15) is 10.1 Å². The van der Waals surface area contributed by atoms with E-state index in [9.17, 15) is 0 Å². The van der Waals surface area contributed by atoms with Gasteiger partial charge in [-0.1, -0.05) is 42.5 Å². The lowest BCUT2D eigenvalue weighted by molar-refractivity contribution is 0.293. The first-order valence-electron chi connectivity index (χ1n) is 8.00. The van der Waals surface area contributed by atoms with Gasteiger partial charge in [0.15, 0.2) is 5.82 Å². The predicted octanol–water partition coefficient (Wildman–Crippen LogP) is 3.98. The standard InChI is InChI=1S/C19H17N5O/c1-13-11-17(25-12-14-7-3-2-4-8-14)21-19(20-13)22-18-15-9-5-6-10-16(15)23-24-18/h2-11H,12H2,1H3,(H2,20,21,22,23,24).